The maximum Gasteiger partial charge on any atom is 0.140 e. The molecule has 0 amide bonds. The molecule has 0 saturated carbocycles. The summed E-state index contributed by atoms with van der Waals surface area (Å²) in [5, 5.41) is 3.67. The van der Waals surface area contributed by atoms with Crippen LogP contribution in [0, 0.1) is 0 Å². The maximum absolute atomic E-state index is 6.30. The topological polar surface area (TPSA) is 25.0 Å². The Hall–Kier alpha value is -1.16. The number of aromatic amines is 1. The molecule has 21 heavy (non-hydrogen) atoms. The molecule has 0 atom stereocenters. The molecule has 0 unspecified atom stereocenters. The number of nitrogens with one attached hydrogen (secondary N) is 1. The maximum atomic E-state index is 6.30. The van der Waals surface area contributed by atoms with Crippen LogP contribution in [0.25, 0.3) is 10.9 Å². The van der Waals surface area contributed by atoms with Gasteiger partial charge in [0.05, 0.1) is 9.36 Å². The van der Waals surface area contributed by atoms with Gasteiger partial charge in [-0.2, -0.15) is 0 Å². The second-order valence-corrected chi connectivity index (χ2v) is 7.18. The van der Waals surface area contributed by atoms with Crippen molar-refractivity contribution in [2.45, 2.75) is 26.4 Å². The number of hydrogen-bond donors (Lipinski definition) is 1. The second kappa shape index (κ2) is 5.91. The number of rotatable bonds is 4. The van der Waals surface area contributed by atoms with E-state index in [1.165, 1.54) is 17.0 Å². The van der Waals surface area contributed by atoms with Gasteiger partial charge in [-0.05, 0) is 29.5 Å². The average molecular weight is 340 g/mol. The molecule has 1 aromatic carbocycles. The van der Waals surface area contributed by atoms with E-state index in [2.05, 4.69) is 24.9 Å². The minimum Gasteiger partial charge on any atom is -0.487 e. The van der Waals surface area contributed by atoms with Crippen molar-refractivity contribution in [3.8, 4) is 5.75 Å². The van der Waals surface area contributed by atoms with Crippen molar-refractivity contribution >= 4 is 45.4 Å². The smallest absolute Gasteiger partial charge is 0.140 e. The molecule has 3 rings (SSSR count). The summed E-state index contributed by atoms with van der Waals surface area (Å²) < 4.78 is 6.57. The van der Waals surface area contributed by atoms with E-state index < -0.39 is 0 Å². The van der Waals surface area contributed by atoms with Gasteiger partial charge >= 0.3 is 0 Å². The first-order valence-electron chi connectivity index (χ1n) is 6.71. The zero-order chi connectivity index (χ0) is 15.0. The van der Waals surface area contributed by atoms with Crippen LogP contribution in [-0.2, 0) is 6.61 Å². The molecule has 0 aliphatic rings. The lowest BCUT2D eigenvalue weighted by Gasteiger charge is -2.07. The van der Waals surface area contributed by atoms with Crippen LogP contribution in [0.15, 0.2) is 29.6 Å². The molecular formula is C16H15Cl2NOS. The number of aromatic nitrogens is 1. The first kappa shape index (κ1) is 14.8. The highest BCUT2D eigenvalue weighted by Crippen LogP contribution is 2.33. The minimum absolute atomic E-state index is 0.422. The molecular weight excluding hydrogens is 325 g/mol. The summed E-state index contributed by atoms with van der Waals surface area (Å²) in [6.45, 7) is 4.73. The van der Waals surface area contributed by atoms with Gasteiger partial charge in [-0.15, -0.1) is 11.3 Å². The predicted octanol–water partition coefficient (Wildman–Crippen LogP) is 6.24. The van der Waals surface area contributed by atoms with Crippen molar-refractivity contribution < 1.29 is 4.74 Å². The van der Waals surface area contributed by atoms with E-state index in [-0.39, 0.29) is 0 Å². The van der Waals surface area contributed by atoms with Crippen molar-refractivity contribution in [2.24, 2.45) is 0 Å². The highest BCUT2D eigenvalue weighted by molar-refractivity contribution is 7.14. The third-order valence-corrected chi connectivity index (χ3v) is 4.94. The van der Waals surface area contributed by atoms with E-state index in [1.54, 1.807) is 0 Å². The van der Waals surface area contributed by atoms with Crippen molar-refractivity contribution in [3.63, 3.8) is 0 Å². The van der Waals surface area contributed by atoms with Gasteiger partial charge in [0.2, 0.25) is 0 Å². The van der Waals surface area contributed by atoms with Gasteiger partial charge in [-0.1, -0.05) is 37.0 Å². The van der Waals surface area contributed by atoms with Crippen LogP contribution in [0.3, 0.4) is 0 Å². The molecule has 0 aliphatic heterocycles. The molecule has 0 aliphatic carbocycles. The lowest BCUT2D eigenvalue weighted by Crippen LogP contribution is -1.95. The molecule has 5 heteroatoms. The number of ether oxygens (including phenoxy) is 1. The highest BCUT2D eigenvalue weighted by atomic mass is 35.5. The van der Waals surface area contributed by atoms with E-state index >= 15 is 0 Å². The Morgan fingerprint density at radius 2 is 2.05 bits per heavy atom. The number of fused-ring (bicyclic) bond motifs is 1. The SMILES string of the molecule is CC(C)c1cc2cc(Cl)c(OCc3ccsc3Cl)cc2[nH]1. The molecule has 110 valence electrons. The number of H-pyrrole nitrogens is 1. The average Bonchev–Trinajstić information content (AvgIpc) is 3.02. The van der Waals surface area contributed by atoms with Crippen LogP contribution < -0.4 is 4.74 Å². The van der Waals surface area contributed by atoms with Gasteiger partial charge in [-0.25, -0.2) is 0 Å². The fourth-order valence-electron chi connectivity index (χ4n) is 2.15. The van der Waals surface area contributed by atoms with Crippen LogP contribution in [0.1, 0.15) is 31.0 Å². The molecule has 0 radical (unpaired) electrons. The Bertz CT molecular complexity index is 776. The van der Waals surface area contributed by atoms with Gasteiger partial charge < -0.3 is 9.72 Å². The van der Waals surface area contributed by atoms with Crippen molar-refractivity contribution in [2.75, 3.05) is 0 Å². The lowest BCUT2D eigenvalue weighted by atomic mass is 10.1. The Balaban J connectivity index is 1.88. The Morgan fingerprint density at radius 3 is 2.71 bits per heavy atom. The van der Waals surface area contributed by atoms with Crippen LogP contribution in [0.5, 0.6) is 5.75 Å². The molecule has 0 fully saturated rings. The van der Waals surface area contributed by atoms with Crippen molar-refractivity contribution in [1.29, 1.82) is 0 Å². The van der Waals surface area contributed by atoms with Gasteiger partial charge in [-0.3, -0.25) is 0 Å². The van der Waals surface area contributed by atoms with E-state index in [9.17, 15) is 0 Å². The van der Waals surface area contributed by atoms with Crippen molar-refractivity contribution in [3.05, 3.63) is 50.3 Å². The molecule has 2 nitrogen and oxygen atoms in total. The molecule has 3 aromatic rings. The number of benzene rings is 1. The first-order chi connectivity index (χ1) is 10.0. The van der Waals surface area contributed by atoms with Gasteiger partial charge in [0.15, 0.2) is 0 Å². The molecule has 2 aromatic heterocycles. The minimum atomic E-state index is 0.422. The molecule has 0 saturated heterocycles. The molecule has 0 spiro atoms. The molecule has 2 heterocycles. The van der Waals surface area contributed by atoms with Gasteiger partial charge in [0.25, 0.3) is 0 Å². The molecule has 1 N–H and O–H groups in total. The van der Waals surface area contributed by atoms with Gasteiger partial charge in [0, 0.05) is 28.2 Å². The predicted molar refractivity (Wildman–Crippen MR) is 91.1 cm³/mol. The summed E-state index contributed by atoms with van der Waals surface area (Å²) >= 11 is 13.9. The Labute approximate surface area is 137 Å². The van der Waals surface area contributed by atoms with E-state index in [4.69, 9.17) is 27.9 Å². The summed E-state index contributed by atoms with van der Waals surface area (Å²) in [6.07, 6.45) is 0. The molecule has 0 bridgehead atoms. The normalized spacial score (nSPS) is 11.5. The van der Waals surface area contributed by atoms with Crippen LogP contribution in [-0.4, -0.2) is 4.98 Å². The Kier molecular flexibility index (Phi) is 4.16. The van der Waals surface area contributed by atoms with Crippen LogP contribution >= 0.6 is 34.5 Å². The fourth-order valence-corrected chi connectivity index (χ4v) is 3.28. The summed E-state index contributed by atoms with van der Waals surface area (Å²) in [6, 6.07) is 7.98. The highest BCUT2D eigenvalue weighted by Gasteiger charge is 2.10. The monoisotopic (exact) mass is 339 g/mol. The summed E-state index contributed by atoms with van der Waals surface area (Å²) in [5.41, 5.74) is 3.21. The number of halogens is 2. The summed E-state index contributed by atoms with van der Waals surface area (Å²) in [7, 11) is 0. The lowest BCUT2D eigenvalue weighted by molar-refractivity contribution is 0.307. The quantitative estimate of drug-likeness (QED) is 0.597. The fraction of sp³-hybridized carbons (Fsp3) is 0.250. The third-order valence-electron chi connectivity index (χ3n) is 3.39. The van der Waals surface area contributed by atoms with E-state index in [1.807, 2.05) is 23.6 Å². The van der Waals surface area contributed by atoms with Crippen molar-refractivity contribution in [1.82, 2.24) is 4.98 Å². The second-order valence-electron chi connectivity index (χ2n) is 5.26. The van der Waals surface area contributed by atoms with Gasteiger partial charge in [0.1, 0.15) is 12.4 Å². The number of hydrogen-bond acceptors (Lipinski definition) is 2. The van der Waals surface area contributed by atoms with Crippen LogP contribution in [0.4, 0.5) is 0 Å². The third kappa shape index (κ3) is 3.05. The number of thiophene rings is 1. The first-order valence-corrected chi connectivity index (χ1v) is 8.35. The van der Waals surface area contributed by atoms with E-state index in [0.29, 0.717) is 23.3 Å². The summed E-state index contributed by atoms with van der Waals surface area (Å²) in [4.78, 5) is 3.40. The summed E-state index contributed by atoms with van der Waals surface area (Å²) in [5.74, 6) is 1.12. The zero-order valence-electron chi connectivity index (χ0n) is 11.7. The largest absolute Gasteiger partial charge is 0.487 e. The Morgan fingerprint density at radius 1 is 1.24 bits per heavy atom. The zero-order valence-corrected chi connectivity index (χ0v) is 14.1. The standard InChI is InChI=1S/C16H15Cl2NOS/c1-9(2)13-6-11-5-12(17)15(7-14(11)19-13)20-8-10-3-4-21-16(10)18/h3-7,9,19H,8H2,1-2H3. The van der Waals surface area contributed by atoms with E-state index in [0.717, 1.165) is 20.8 Å². The van der Waals surface area contributed by atoms with Crippen LogP contribution in [0.2, 0.25) is 9.36 Å².